The first-order valence-corrected chi connectivity index (χ1v) is 5.95. The SMILES string of the molecule is COc1cccc(C(=O)N2CC(C)C(N)C2)c1O. The van der Waals surface area contributed by atoms with Crippen LogP contribution in [0.15, 0.2) is 18.2 Å². The Morgan fingerprint density at radius 2 is 2.22 bits per heavy atom. The van der Waals surface area contributed by atoms with Crippen molar-refractivity contribution >= 4 is 5.91 Å². The summed E-state index contributed by atoms with van der Waals surface area (Å²) in [5, 5.41) is 9.95. The van der Waals surface area contributed by atoms with Gasteiger partial charge >= 0.3 is 0 Å². The molecule has 98 valence electrons. The molecule has 1 fully saturated rings. The molecule has 1 aliphatic rings. The number of likely N-dealkylation sites (tertiary alicyclic amines) is 1. The Bertz CT molecular complexity index is 452. The summed E-state index contributed by atoms with van der Waals surface area (Å²) >= 11 is 0. The highest BCUT2D eigenvalue weighted by atomic mass is 16.5. The zero-order valence-electron chi connectivity index (χ0n) is 10.6. The number of carbonyl (C=O) groups is 1. The number of hydrogen-bond donors (Lipinski definition) is 2. The lowest BCUT2D eigenvalue weighted by atomic mass is 10.1. The number of hydrogen-bond acceptors (Lipinski definition) is 4. The molecule has 0 radical (unpaired) electrons. The maximum Gasteiger partial charge on any atom is 0.257 e. The fraction of sp³-hybridized carbons (Fsp3) is 0.462. The van der Waals surface area contributed by atoms with E-state index in [9.17, 15) is 9.90 Å². The van der Waals surface area contributed by atoms with Crippen molar-refractivity contribution in [3.63, 3.8) is 0 Å². The van der Waals surface area contributed by atoms with Gasteiger partial charge in [-0.1, -0.05) is 13.0 Å². The number of nitrogens with zero attached hydrogens (tertiary/aromatic N) is 1. The summed E-state index contributed by atoms with van der Waals surface area (Å²) in [6.45, 7) is 3.16. The Morgan fingerprint density at radius 3 is 2.78 bits per heavy atom. The molecule has 18 heavy (non-hydrogen) atoms. The molecule has 0 aromatic heterocycles. The highest BCUT2D eigenvalue weighted by molar-refractivity contribution is 5.97. The molecule has 5 nitrogen and oxygen atoms in total. The lowest BCUT2D eigenvalue weighted by Gasteiger charge is -2.17. The Kier molecular flexibility index (Phi) is 3.43. The van der Waals surface area contributed by atoms with Gasteiger partial charge in [-0.15, -0.1) is 0 Å². The first kappa shape index (κ1) is 12.7. The van der Waals surface area contributed by atoms with Gasteiger partial charge in [0.05, 0.1) is 12.7 Å². The van der Waals surface area contributed by atoms with Crippen molar-refractivity contribution in [1.29, 1.82) is 0 Å². The Labute approximate surface area is 106 Å². The van der Waals surface area contributed by atoms with Gasteiger partial charge in [0.1, 0.15) is 0 Å². The van der Waals surface area contributed by atoms with E-state index in [0.717, 1.165) is 0 Å². The number of amides is 1. The van der Waals surface area contributed by atoms with Crippen LogP contribution in [-0.2, 0) is 0 Å². The van der Waals surface area contributed by atoms with Gasteiger partial charge in [0.25, 0.3) is 5.91 Å². The molecule has 0 spiro atoms. The fourth-order valence-corrected chi connectivity index (χ4v) is 2.19. The molecule has 0 saturated carbocycles. The van der Waals surface area contributed by atoms with E-state index >= 15 is 0 Å². The molecule has 3 N–H and O–H groups in total. The zero-order valence-corrected chi connectivity index (χ0v) is 10.6. The number of ether oxygens (including phenoxy) is 1. The highest BCUT2D eigenvalue weighted by Gasteiger charge is 2.31. The van der Waals surface area contributed by atoms with E-state index in [0.29, 0.717) is 18.8 Å². The predicted octanol–water partition coefficient (Wildman–Crippen LogP) is 0.820. The smallest absolute Gasteiger partial charge is 0.257 e. The van der Waals surface area contributed by atoms with Gasteiger partial charge in [0.15, 0.2) is 11.5 Å². The molecule has 1 heterocycles. The summed E-state index contributed by atoms with van der Waals surface area (Å²) in [6, 6.07) is 4.89. The molecule has 0 bridgehead atoms. The molecule has 1 aliphatic heterocycles. The molecular weight excluding hydrogens is 232 g/mol. The average molecular weight is 250 g/mol. The standard InChI is InChI=1S/C13H18N2O3/c1-8-6-15(7-10(8)14)13(17)9-4-3-5-11(18-2)12(9)16/h3-5,8,10,16H,6-7,14H2,1-2H3. The average Bonchev–Trinajstić information content (AvgIpc) is 2.69. The van der Waals surface area contributed by atoms with Crippen LogP contribution in [0, 0.1) is 5.92 Å². The minimum atomic E-state index is -0.203. The second-order valence-electron chi connectivity index (χ2n) is 4.71. The van der Waals surface area contributed by atoms with Crippen molar-refractivity contribution in [2.75, 3.05) is 20.2 Å². The largest absolute Gasteiger partial charge is 0.504 e. The third-order valence-corrected chi connectivity index (χ3v) is 3.41. The zero-order chi connectivity index (χ0) is 13.3. The maximum absolute atomic E-state index is 12.3. The van der Waals surface area contributed by atoms with E-state index < -0.39 is 0 Å². The number of phenols is 1. The van der Waals surface area contributed by atoms with E-state index in [1.807, 2.05) is 6.92 Å². The van der Waals surface area contributed by atoms with Crippen LogP contribution in [0.4, 0.5) is 0 Å². The lowest BCUT2D eigenvalue weighted by Crippen LogP contribution is -2.32. The van der Waals surface area contributed by atoms with Crippen molar-refractivity contribution in [3.05, 3.63) is 23.8 Å². The number of para-hydroxylation sites is 1. The van der Waals surface area contributed by atoms with Crippen LogP contribution in [0.25, 0.3) is 0 Å². The fourth-order valence-electron chi connectivity index (χ4n) is 2.19. The van der Waals surface area contributed by atoms with E-state index in [2.05, 4.69) is 0 Å². The van der Waals surface area contributed by atoms with Crippen LogP contribution < -0.4 is 10.5 Å². The molecule has 1 aromatic carbocycles. The molecule has 5 heteroatoms. The highest BCUT2D eigenvalue weighted by Crippen LogP contribution is 2.31. The summed E-state index contributed by atoms with van der Waals surface area (Å²) in [7, 11) is 1.46. The van der Waals surface area contributed by atoms with Crippen LogP contribution >= 0.6 is 0 Å². The molecule has 0 aliphatic carbocycles. The van der Waals surface area contributed by atoms with Gasteiger partial charge < -0.3 is 20.5 Å². The third kappa shape index (κ3) is 2.13. The van der Waals surface area contributed by atoms with Gasteiger partial charge in [-0.3, -0.25) is 4.79 Å². The van der Waals surface area contributed by atoms with Crippen LogP contribution in [-0.4, -0.2) is 42.2 Å². The topological polar surface area (TPSA) is 75.8 Å². The summed E-state index contributed by atoms with van der Waals surface area (Å²) < 4.78 is 5.00. The van der Waals surface area contributed by atoms with Crippen LogP contribution in [0.2, 0.25) is 0 Å². The third-order valence-electron chi connectivity index (χ3n) is 3.41. The van der Waals surface area contributed by atoms with Crippen molar-refractivity contribution in [2.24, 2.45) is 11.7 Å². The Balaban J connectivity index is 2.24. The lowest BCUT2D eigenvalue weighted by molar-refractivity contribution is 0.0783. The van der Waals surface area contributed by atoms with Gasteiger partial charge in [-0.25, -0.2) is 0 Å². The van der Waals surface area contributed by atoms with E-state index in [-0.39, 0.29) is 29.2 Å². The normalized spacial score (nSPS) is 23.2. The van der Waals surface area contributed by atoms with E-state index in [1.54, 1.807) is 23.1 Å². The number of rotatable bonds is 2. The first-order valence-electron chi connectivity index (χ1n) is 5.95. The summed E-state index contributed by atoms with van der Waals surface area (Å²) in [5.74, 6) is 0.267. The number of aromatic hydroxyl groups is 1. The van der Waals surface area contributed by atoms with Gasteiger partial charge in [0, 0.05) is 19.1 Å². The van der Waals surface area contributed by atoms with Gasteiger partial charge in [-0.2, -0.15) is 0 Å². The number of carbonyl (C=O) groups excluding carboxylic acids is 1. The van der Waals surface area contributed by atoms with E-state index in [4.69, 9.17) is 10.5 Å². The molecule has 1 aromatic rings. The second-order valence-corrected chi connectivity index (χ2v) is 4.71. The molecule has 2 unspecified atom stereocenters. The minimum absolute atomic E-state index is 0.00157. The molecule has 2 rings (SSSR count). The quantitative estimate of drug-likeness (QED) is 0.814. The molecule has 2 atom stereocenters. The predicted molar refractivity (Wildman–Crippen MR) is 67.7 cm³/mol. The van der Waals surface area contributed by atoms with Crippen molar-refractivity contribution in [1.82, 2.24) is 4.90 Å². The number of phenolic OH excluding ortho intramolecular Hbond substituents is 1. The van der Waals surface area contributed by atoms with Gasteiger partial charge in [0.2, 0.25) is 0 Å². The maximum atomic E-state index is 12.3. The summed E-state index contributed by atoms with van der Waals surface area (Å²) in [4.78, 5) is 14.0. The van der Waals surface area contributed by atoms with Crippen LogP contribution in [0.1, 0.15) is 17.3 Å². The monoisotopic (exact) mass is 250 g/mol. The Hall–Kier alpha value is -1.75. The molecule has 1 amide bonds. The molecular formula is C13H18N2O3. The van der Waals surface area contributed by atoms with Crippen LogP contribution in [0.5, 0.6) is 11.5 Å². The first-order chi connectivity index (χ1) is 8.54. The van der Waals surface area contributed by atoms with Crippen molar-refractivity contribution in [3.8, 4) is 11.5 Å². The number of nitrogens with two attached hydrogens (primary N) is 1. The Morgan fingerprint density at radius 1 is 1.50 bits per heavy atom. The van der Waals surface area contributed by atoms with Gasteiger partial charge in [-0.05, 0) is 18.1 Å². The summed E-state index contributed by atoms with van der Waals surface area (Å²) in [6.07, 6.45) is 0. The van der Waals surface area contributed by atoms with E-state index in [1.165, 1.54) is 7.11 Å². The van der Waals surface area contributed by atoms with Crippen molar-refractivity contribution < 1.29 is 14.6 Å². The number of benzene rings is 1. The van der Waals surface area contributed by atoms with Crippen LogP contribution in [0.3, 0.4) is 0 Å². The molecule has 1 saturated heterocycles. The summed E-state index contributed by atoms with van der Waals surface area (Å²) in [5.41, 5.74) is 6.16. The number of methoxy groups -OCH3 is 1. The second kappa shape index (κ2) is 4.86. The van der Waals surface area contributed by atoms with Crippen molar-refractivity contribution in [2.45, 2.75) is 13.0 Å². The minimum Gasteiger partial charge on any atom is -0.504 e.